The molecule has 1 aromatic carbocycles. The van der Waals surface area contributed by atoms with Gasteiger partial charge in [0.2, 0.25) is 0 Å². The lowest BCUT2D eigenvalue weighted by Crippen LogP contribution is -2.40. The van der Waals surface area contributed by atoms with E-state index >= 15 is 0 Å². The average molecular weight is 308 g/mol. The maximum Gasteiger partial charge on any atom is 0.307 e. The number of piperidine rings is 1. The Labute approximate surface area is 128 Å². The standard InChI is InChI=1S/C16H18ClNO3/c1-10-8-11(17)2-3-12(10)14(19)18-6-4-16(5-7-18)9-13(16)15(20)21/h2-3,8,13H,4-7,9H2,1H3,(H,20,21)/t13-/m1/s1. The molecule has 5 heteroatoms. The summed E-state index contributed by atoms with van der Waals surface area (Å²) in [5.41, 5.74) is 1.51. The van der Waals surface area contributed by atoms with E-state index in [-0.39, 0.29) is 17.2 Å². The first-order chi connectivity index (χ1) is 9.93. The number of carboxylic acids is 1. The van der Waals surface area contributed by atoms with Crippen LogP contribution in [0.2, 0.25) is 5.02 Å². The minimum Gasteiger partial charge on any atom is -0.481 e. The molecular weight excluding hydrogens is 290 g/mol. The molecule has 1 aromatic rings. The molecule has 21 heavy (non-hydrogen) atoms. The Morgan fingerprint density at radius 1 is 1.33 bits per heavy atom. The van der Waals surface area contributed by atoms with Crippen LogP contribution in [0, 0.1) is 18.3 Å². The number of nitrogens with zero attached hydrogens (tertiary/aromatic N) is 1. The first-order valence-electron chi connectivity index (χ1n) is 7.21. The average Bonchev–Trinajstić information content (AvgIpc) is 3.13. The molecule has 0 radical (unpaired) electrons. The Morgan fingerprint density at radius 3 is 2.52 bits per heavy atom. The summed E-state index contributed by atoms with van der Waals surface area (Å²) < 4.78 is 0. The summed E-state index contributed by atoms with van der Waals surface area (Å²) in [6, 6.07) is 5.29. The van der Waals surface area contributed by atoms with Crippen molar-refractivity contribution in [2.75, 3.05) is 13.1 Å². The van der Waals surface area contributed by atoms with Crippen LogP contribution in [0.1, 0.15) is 35.2 Å². The van der Waals surface area contributed by atoms with Gasteiger partial charge in [0.1, 0.15) is 0 Å². The van der Waals surface area contributed by atoms with E-state index in [2.05, 4.69) is 0 Å². The second kappa shape index (κ2) is 5.02. The van der Waals surface area contributed by atoms with Crippen LogP contribution in [0.4, 0.5) is 0 Å². The molecule has 4 nitrogen and oxygen atoms in total. The number of hydrogen-bond acceptors (Lipinski definition) is 2. The molecule has 1 atom stereocenters. The molecule has 1 heterocycles. The van der Waals surface area contributed by atoms with Crippen LogP contribution < -0.4 is 0 Å². The minimum absolute atomic E-state index is 0.0199. The first kappa shape index (κ1) is 14.4. The number of carbonyl (C=O) groups excluding carboxylic acids is 1. The predicted octanol–water partition coefficient (Wildman–Crippen LogP) is 2.98. The van der Waals surface area contributed by atoms with E-state index < -0.39 is 5.97 Å². The van der Waals surface area contributed by atoms with Gasteiger partial charge in [0, 0.05) is 23.7 Å². The fourth-order valence-corrected chi connectivity index (χ4v) is 3.67. The van der Waals surface area contributed by atoms with E-state index in [1.54, 1.807) is 18.2 Å². The zero-order valence-electron chi connectivity index (χ0n) is 11.9. The number of carboxylic acid groups (broad SMARTS) is 1. The van der Waals surface area contributed by atoms with Gasteiger partial charge in [-0.1, -0.05) is 11.6 Å². The highest BCUT2D eigenvalue weighted by Crippen LogP contribution is 2.59. The van der Waals surface area contributed by atoms with Crippen LogP contribution in [-0.4, -0.2) is 35.0 Å². The van der Waals surface area contributed by atoms with Crippen LogP contribution >= 0.6 is 11.6 Å². The molecule has 1 amide bonds. The second-order valence-electron chi connectivity index (χ2n) is 6.21. The Balaban J connectivity index is 1.67. The summed E-state index contributed by atoms with van der Waals surface area (Å²) in [7, 11) is 0. The normalized spacial score (nSPS) is 23.1. The molecule has 0 aromatic heterocycles. The van der Waals surface area contributed by atoms with Crippen LogP contribution in [0.15, 0.2) is 18.2 Å². The highest BCUT2D eigenvalue weighted by molar-refractivity contribution is 6.30. The van der Waals surface area contributed by atoms with Gasteiger partial charge in [-0.05, 0) is 55.4 Å². The first-order valence-corrected chi connectivity index (χ1v) is 7.59. The summed E-state index contributed by atoms with van der Waals surface area (Å²) in [4.78, 5) is 25.4. The van der Waals surface area contributed by atoms with Crippen molar-refractivity contribution in [1.82, 2.24) is 4.90 Å². The zero-order chi connectivity index (χ0) is 15.2. The minimum atomic E-state index is -0.691. The van der Waals surface area contributed by atoms with E-state index in [0.717, 1.165) is 24.8 Å². The van der Waals surface area contributed by atoms with Gasteiger partial charge in [-0.15, -0.1) is 0 Å². The van der Waals surface area contributed by atoms with Crippen LogP contribution in [0.3, 0.4) is 0 Å². The lowest BCUT2D eigenvalue weighted by molar-refractivity contribution is -0.139. The number of carbonyl (C=O) groups is 2. The molecule has 1 saturated carbocycles. The highest BCUT2D eigenvalue weighted by Gasteiger charge is 2.59. The third-order valence-corrected chi connectivity index (χ3v) is 5.19. The van der Waals surface area contributed by atoms with Crippen molar-refractivity contribution >= 4 is 23.5 Å². The fourth-order valence-electron chi connectivity index (χ4n) is 3.44. The quantitative estimate of drug-likeness (QED) is 0.914. The Bertz CT molecular complexity index is 606. The number of likely N-dealkylation sites (tertiary alicyclic amines) is 1. The third-order valence-electron chi connectivity index (χ3n) is 4.95. The number of benzene rings is 1. The van der Waals surface area contributed by atoms with Crippen molar-refractivity contribution in [1.29, 1.82) is 0 Å². The van der Waals surface area contributed by atoms with Crippen LogP contribution in [0.5, 0.6) is 0 Å². The van der Waals surface area contributed by atoms with Crippen molar-refractivity contribution in [3.05, 3.63) is 34.3 Å². The van der Waals surface area contributed by atoms with E-state index in [0.29, 0.717) is 23.7 Å². The number of aryl methyl sites for hydroxylation is 1. The van der Waals surface area contributed by atoms with E-state index in [1.807, 2.05) is 11.8 Å². The van der Waals surface area contributed by atoms with E-state index in [9.17, 15) is 9.59 Å². The SMILES string of the molecule is Cc1cc(Cl)ccc1C(=O)N1CCC2(CC1)C[C@@H]2C(=O)O. The van der Waals surface area contributed by atoms with Crippen molar-refractivity contribution < 1.29 is 14.7 Å². The molecule has 1 aliphatic carbocycles. The van der Waals surface area contributed by atoms with Crippen LogP contribution in [-0.2, 0) is 4.79 Å². The van der Waals surface area contributed by atoms with E-state index in [4.69, 9.17) is 16.7 Å². The van der Waals surface area contributed by atoms with Crippen molar-refractivity contribution in [3.63, 3.8) is 0 Å². The maximum atomic E-state index is 12.5. The molecule has 0 bridgehead atoms. The van der Waals surface area contributed by atoms with Crippen molar-refractivity contribution in [2.24, 2.45) is 11.3 Å². The van der Waals surface area contributed by atoms with Crippen molar-refractivity contribution in [3.8, 4) is 0 Å². The monoisotopic (exact) mass is 307 g/mol. The largest absolute Gasteiger partial charge is 0.481 e. The highest BCUT2D eigenvalue weighted by atomic mass is 35.5. The summed E-state index contributed by atoms with van der Waals surface area (Å²) in [6.45, 7) is 3.17. The molecule has 2 aliphatic rings. The number of amides is 1. The lowest BCUT2D eigenvalue weighted by Gasteiger charge is -2.33. The number of hydrogen-bond donors (Lipinski definition) is 1. The number of aliphatic carboxylic acids is 1. The van der Waals surface area contributed by atoms with Gasteiger partial charge >= 0.3 is 5.97 Å². The zero-order valence-corrected chi connectivity index (χ0v) is 12.7. The number of halogens is 1. The molecule has 2 fully saturated rings. The summed E-state index contributed by atoms with van der Waals surface area (Å²) in [5.74, 6) is -0.873. The van der Waals surface area contributed by atoms with E-state index in [1.165, 1.54) is 0 Å². The smallest absolute Gasteiger partial charge is 0.307 e. The van der Waals surface area contributed by atoms with Gasteiger partial charge in [0.05, 0.1) is 5.92 Å². The van der Waals surface area contributed by atoms with Crippen molar-refractivity contribution in [2.45, 2.75) is 26.2 Å². The molecule has 1 saturated heterocycles. The van der Waals surface area contributed by atoms with Gasteiger partial charge in [-0.2, -0.15) is 0 Å². The van der Waals surface area contributed by atoms with Gasteiger partial charge in [-0.3, -0.25) is 9.59 Å². The molecule has 3 rings (SSSR count). The van der Waals surface area contributed by atoms with Gasteiger partial charge in [0.25, 0.3) is 5.91 Å². The summed E-state index contributed by atoms with van der Waals surface area (Å²) >= 11 is 5.92. The third kappa shape index (κ3) is 2.53. The lowest BCUT2D eigenvalue weighted by atomic mass is 9.90. The summed E-state index contributed by atoms with van der Waals surface area (Å²) in [6.07, 6.45) is 2.36. The Kier molecular flexibility index (Phi) is 3.44. The molecular formula is C16H18ClNO3. The fraction of sp³-hybridized carbons (Fsp3) is 0.500. The predicted molar refractivity (Wildman–Crippen MR) is 79.5 cm³/mol. The molecule has 1 spiro atoms. The number of rotatable bonds is 2. The molecule has 0 unspecified atom stereocenters. The van der Waals surface area contributed by atoms with Gasteiger partial charge in [0.15, 0.2) is 0 Å². The van der Waals surface area contributed by atoms with Gasteiger partial charge < -0.3 is 10.0 Å². The molecule has 1 N–H and O–H groups in total. The maximum absolute atomic E-state index is 12.5. The topological polar surface area (TPSA) is 57.6 Å². The van der Waals surface area contributed by atoms with Crippen LogP contribution in [0.25, 0.3) is 0 Å². The Morgan fingerprint density at radius 2 is 2.00 bits per heavy atom. The molecule has 112 valence electrons. The van der Waals surface area contributed by atoms with Gasteiger partial charge in [-0.25, -0.2) is 0 Å². The Hall–Kier alpha value is -1.55. The molecule has 1 aliphatic heterocycles. The summed E-state index contributed by atoms with van der Waals surface area (Å²) in [5, 5.41) is 9.72. The second-order valence-corrected chi connectivity index (χ2v) is 6.65.